The molecule has 7 fully saturated rings. The van der Waals surface area contributed by atoms with Crippen molar-refractivity contribution < 1.29 is 9.18 Å². The number of carbonyl (C=O) groups excluding carboxylic acids is 1. The molecule has 7 aliphatic carbocycles. The summed E-state index contributed by atoms with van der Waals surface area (Å²) in [6, 6.07) is 17.3. The van der Waals surface area contributed by atoms with E-state index in [0.29, 0.717) is 25.2 Å². The molecular weight excluding hydrogens is 555 g/mol. The standard InChI is InChI=1S/C36H39FN4OS/c1-23-38-28-9-8-26(17-30(28)43-23)25-4-3-5-27(16-25)41(32(42)35-19-36(37,20-35)21-35)22-33-10-13-34(14-11-33,15-12-33)31-18-29(24-6-7-24)40(2)39-31/h3-5,8-9,16-18,24H,6-7,10-15,19-22H2,1-2H3. The number of fused-ring (bicyclic) bond motifs is 4. The largest absolute Gasteiger partial charge is 0.311 e. The van der Waals surface area contributed by atoms with Crippen LogP contribution in [0.4, 0.5) is 10.1 Å². The van der Waals surface area contributed by atoms with E-state index in [1.807, 2.05) is 6.92 Å². The number of amides is 1. The summed E-state index contributed by atoms with van der Waals surface area (Å²) < 4.78 is 18.0. The van der Waals surface area contributed by atoms with Crippen molar-refractivity contribution in [1.29, 1.82) is 0 Å². The number of nitrogens with zero attached hydrogens (tertiary/aromatic N) is 4. The second-order valence-corrected chi connectivity index (χ2v) is 16.2. The molecule has 2 aromatic carbocycles. The average Bonchev–Trinajstić information content (AvgIpc) is 3.64. The Bertz CT molecular complexity index is 1760. The Kier molecular flexibility index (Phi) is 5.38. The number of hydrogen-bond acceptors (Lipinski definition) is 4. The van der Waals surface area contributed by atoms with Crippen LogP contribution in [0.15, 0.2) is 48.5 Å². The monoisotopic (exact) mass is 594 g/mol. The van der Waals surface area contributed by atoms with Gasteiger partial charge in [0.05, 0.1) is 26.3 Å². The molecule has 222 valence electrons. The van der Waals surface area contributed by atoms with Gasteiger partial charge in [-0.2, -0.15) is 5.10 Å². The quantitative estimate of drug-likeness (QED) is 0.216. The van der Waals surface area contributed by atoms with Crippen molar-refractivity contribution in [1.82, 2.24) is 14.8 Å². The molecule has 7 saturated carbocycles. The molecule has 0 N–H and O–H groups in total. The van der Waals surface area contributed by atoms with Crippen molar-refractivity contribution in [3.8, 4) is 11.1 Å². The molecule has 0 aliphatic heterocycles. The summed E-state index contributed by atoms with van der Waals surface area (Å²) in [6.45, 7) is 2.78. The smallest absolute Gasteiger partial charge is 0.233 e. The van der Waals surface area contributed by atoms with E-state index in [1.54, 1.807) is 11.3 Å². The number of alkyl halides is 1. The second-order valence-electron chi connectivity index (χ2n) is 15.0. The van der Waals surface area contributed by atoms with Crippen LogP contribution in [0.5, 0.6) is 0 Å². The van der Waals surface area contributed by atoms with Crippen molar-refractivity contribution >= 4 is 33.1 Å². The maximum atomic E-state index is 14.7. The van der Waals surface area contributed by atoms with Gasteiger partial charge in [0, 0.05) is 36.3 Å². The Balaban J connectivity index is 1.02. The Hall–Kier alpha value is -3.06. The zero-order chi connectivity index (χ0) is 29.2. The van der Waals surface area contributed by atoms with Crippen LogP contribution < -0.4 is 4.90 Å². The molecule has 7 heteroatoms. The molecule has 0 saturated heterocycles. The number of anilines is 1. The summed E-state index contributed by atoms with van der Waals surface area (Å²) in [4.78, 5) is 21.0. The van der Waals surface area contributed by atoms with E-state index in [0.717, 1.165) is 72.4 Å². The van der Waals surface area contributed by atoms with Crippen molar-refractivity contribution in [2.75, 3.05) is 11.4 Å². The molecule has 0 spiro atoms. The molecular formula is C36H39FN4OS. The topological polar surface area (TPSA) is 51.0 Å². The van der Waals surface area contributed by atoms with Gasteiger partial charge in [0.25, 0.3) is 0 Å². The van der Waals surface area contributed by atoms with Crippen LogP contribution in [-0.2, 0) is 17.3 Å². The fourth-order valence-corrected chi connectivity index (χ4v) is 10.1. The van der Waals surface area contributed by atoms with Gasteiger partial charge in [-0.15, -0.1) is 11.3 Å². The first kappa shape index (κ1) is 26.4. The van der Waals surface area contributed by atoms with E-state index in [1.165, 1.54) is 28.9 Å². The van der Waals surface area contributed by atoms with E-state index in [9.17, 15) is 9.18 Å². The number of thiazole rings is 1. The molecule has 43 heavy (non-hydrogen) atoms. The summed E-state index contributed by atoms with van der Waals surface area (Å²) in [6.07, 6.45) is 10.6. The highest BCUT2D eigenvalue weighted by molar-refractivity contribution is 7.18. The summed E-state index contributed by atoms with van der Waals surface area (Å²) in [7, 11) is 2.12. The van der Waals surface area contributed by atoms with E-state index in [2.05, 4.69) is 70.1 Å². The van der Waals surface area contributed by atoms with Crippen LogP contribution in [0.3, 0.4) is 0 Å². The van der Waals surface area contributed by atoms with Crippen molar-refractivity contribution in [3.63, 3.8) is 0 Å². The molecule has 1 amide bonds. The lowest BCUT2D eigenvalue weighted by atomic mass is 9.41. The van der Waals surface area contributed by atoms with Crippen LogP contribution in [0.25, 0.3) is 21.3 Å². The van der Waals surface area contributed by atoms with E-state index in [-0.39, 0.29) is 16.7 Å². The Morgan fingerprint density at radius 2 is 1.72 bits per heavy atom. The minimum Gasteiger partial charge on any atom is -0.311 e. The first-order valence-corrected chi connectivity index (χ1v) is 17.0. The first-order valence-electron chi connectivity index (χ1n) is 16.2. The first-order chi connectivity index (χ1) is 20.7. The zero-order valence-corrected chi connectivity index (χ0v) is 26.0. The zero-order valence-electron chi connectivity index (χ0n) is 25.2. The number of aryl methyl sites for hydroxylation is 2. The third-order valence-corrected chi connectivity index (χ3v) is 12.9. The van der Waals surface area contributed by atoms with Gasteiger partial charge in [-0.25, -0.2) is 9.37 Å². The van der Waals surface area contributed by atoms with Gasteiger partial charge in [-0.1, -0.05) is 18.2 Å². The number of hydrogen-bond donors (Lipinski definition) is 0. The van der Waals surface area contributed by atoms with Crippen LogP contribution in [0.2, 0.25) is 0 Å². The van der Waals surface area contributed by atoms with E-state index < -0.39 is 11.1 Å². The molecule has 5 nitrogen and oxygen atoms in total. The Morgan fingerprint density at radius 1 is 1.00 bits per heavy atom. The SMILES string of the molecule is Cc1nc2ccc(-c3cccc(N(CC45CCC(c6cc(C7CC7)n(C)n6)(CC4)CC5)C(=O)C45CC(F)(C4)C5)c3)cc2s1. The van der Waals surface area contributed by atoms with E-state index in [4.69, 9.17) is 5.10 Å². The highest BCUT2D eigenvalue weighted by atomic mass is 32.1. The predicted molar refractivity (Wildman–Crippen MR) is 169 cm³/mol. The third kappa shape index (κ3) is 4.02. The highest BCUT2D eigenvalue weighted by Gasteiger charge is 2.73. The molecule has 0 unspecified atom stereocenters. The third-order valence-electron chi connectivity index (χ3n) is 12.0. The fraction of sp³-hybridized carbons (Fsp3) is 0.528. The number of halogens is 1. The van der Waals surface area contributed by atoms with Crippen molar-refractivity contribution in [2.24, 2.45) is 17.9 Å². The Labute approximate surface area is 256 Å². The van der Waals surface area contributed by atoms with Crippen LogP contribution in [0.1, 0.15) is 92.9 Å². The van der Waals surface area contributed by atoms with Crippen LogP contribution in [-0.4, -0.2) is 32.9 Å². The van der Waals surface area contributed by atoms with Gasteiger partial charge in [-0.05, 0) is 124 Å². The molecule has 0 radical (unpaired) electrons. The predicted octanol–water partition coefficient (Wildman–Crippen LogP) is 8.40. The number of rotatable bonds is 7. The van der Waals surface area contributed by atoms with Crippen molar-refractivity contribution in [3.05, 3.63) is 64.9 Å². The summed E-state index contributed by atoms with van der Waals surface area (Å²) in [5, 5.41) is 6.12. The maximum Gasteiger partial charge on any atom is 0.233 e. The lowest BCUT2D eigenvalue weighted by Gasteiger charge is -2.65. The average molecular weight is 595 g/mol. The number of benzene rings is 2. The van der Waals surface area contributed by atoms with Gasteiger partial charge < -0.3 is 4.90 Å². The summed E-state index contributed by atoms with van der Waals surface area (Å²) >= 11 is 1.71. The Morgan fingerprint density at radius 3 is 2.42 bits per heavy atom. The van der Waals surface area contributed by atoms with Gasteiger partial charge in [0.2, 0.25) is 5.91 Å². The lowest BCUT2D eigenvalue weighted by molar-refractivity contribution is -0.211. The molecule has 2 heterocycles. The van der Waals surface area contributed by atoms with Crippen LogP contribution in [0, 0.1) is 17.8 Å². The molecule has 4 bridgehead atoms. The highest BCUT2D eigenvalue weighted by Crippen LogP contribution is 2.70. The van der Waals surface area contributed by atoms with Gasteiger partial charge in [0.1, 0.15) is 5.67 Å². The molecule has 2 aromatic heterocycles. The van der Waals surface area contributed by atoms with E-state index >= 15 is 0 Å². The summed E-state index contributed by atoms with van der Waals surface area (Å²) in [5.74, 6) is 0.853. The summed E-state index contributed by atoms with van der Waals surface area (Å²) in [5.41, 5.74) is 5.64. The normalized spacial score (nSPS) is 32.4. The lowest BCUT2D eigenvalue weighted by Crippen LogP contribution is -2.71. The molecule has 11 rings (SSSR count). The van der Waals surface area contributed by atoms with Gasteiger partial charge in [-0.3, -0.25) is 9.48 Å². The number of carbonyl (C=O) groups is 1. The molecule has 4 aromatic rings. The minimum absolute atomic E-state index is 0.109. The molecule has 7 aliphatic rings. The van der Waals surface area contributed by atoms with Gasteiger partial charge in [0.15, 0.2) is 0 Å². The minimum atomic E-state index is -1.10. The maximum absolute atomic E-state index is 14.7. The number of aromatic nitrogens is 3. The van der Waals surface area contributed by atoms with Crippen LogP contribution >= 0.6 is 11.3 Å². The molecule has 0 atom stereocenters. The van der Waals surface area contributed by atoms with Crippen molar-refractivity contribution in [2.45, 2.75) is 94.6 Å². The van der Waals surface area contributed by atoms with Gasteiger partial charge >= 0.3 is 0 Å². The second kappa shape index (κ2) is 8.77. The fourth-order valence-electron chi connectivity index (χ4n) is 9.25.